The van der Waals surface area contributed by atoms with Crippen molar-refractivity contribution in [3.63, 3.8) is 0 Å². The van der Waals surface area contributed by atoms with Crippen molar-refractivity contribution in [2.24, 2.45) is 0 Å². The Morgan fingerprint density at radius 3 is 2.57 bits per heavy atom. The summed E-state index contributed by atoms with van der Waals surface area (Å²) in [7, 11) is 0. The first-order valence-corrected chi connectivity index (χ1v) is 9.50. The molecule has 4 rings (SSSR count). The predicted octanol–water partition coefficient (Wildman–Crippen LogP) is 4.72. The van der Waals surface area contributed by atoms with Gasteiger partial charge in [0.1, 0.15) is 0 Å². The minimum Gasteiger partial charge on any atom is -0.478 e. The molecule has 6 heteroatoms. The van der Waals surface area contributed by atoms with Gasteiger partial charge in [-0.1, -0.05) is 36.7 Å². The molecular formula is C22H19ClN2O3. The fraction of sp³-hybridized carbons (Fsp3) is 0.182. The quantitative estimate of drug-likeness (QED) is 0.674. The highest BCUT2D eigenvalue weighted by Crippen LogP contribution is 2.34. The number of halogens is 1. The van der Waals surface area contributed by atoms with Crippen molar-refractivity contribution in [1.29, 1.82) is 0 Å². The molecule has 2 N–H and O–H groups in total. The van der Waals surface area contributed by atoms with Crippen molar-refractivity contribution in [1.82, 2.24) is 9.88 Å². The summed E-state index contributed by atoms with van der Waals surface area (Å²) in [6.45, 7) is 2.00. The Bertz CT molecular complexity index is 1100. The number of nitrogens with zero attached hydrogens (tertiary/aromatic N) is 1. The lowest BCUT2D eigenvalue weighted by Crippen LogP contribution is -2.37. The summed E-state index contributed by atoms with van der Waals surface area (Å²) in [5.41, 5.74) is 2.96. The van der Waals surface area contributed by atoms with Crippen molar-refractivity contribution < 1.29 is 14.7 Å². The molecule has 0 aliphatic carbocycles. The number of amides is 1. The van der Waals surface area contributed by atoms with E-state index in [1.807, 2.05) is 31.2 Å². The molecule has 2 aromatic carbocycles. The molecule has 1 aliphatic heterocycles. The molecule has 0 spiro atoms. The molecule has 1 atom stereocenters. The normalized spacial score (nSPS) is 16.4. The van der Waals surface area contributed by atoms with E-state index < -0.39 is 5.97 Å². The molecule has 0 fully saturated rings. The smallest absolute Gasteiger partial charge is 0.339 e. The van der Waals surface area contributed by atoms with Crippen molar-refractivity contribution in [2.45, 2.75) is 25.8 Å². The minimum atomic E-state index is -1.07. The van der Waals surface area contributed by atoms with E-state index in [1.54, 1.807) is 29.2 Å². The number of aliphatic carboxylic acids is 1. The van der Waals surface area contributed by atoms with Gasteiger partial charge in [0, 0.05) is 33.7 Å². The summed E-state index contributed by atoms with van der Waals surface area (Å²) in [5.74, 6) is -1.31. The van der Waals surface area contributed by atoms with E-state index in [2.05, 4.69) is 4.98 Å². The summed E-state index contributed by atoms with van der Waals surface area (Å²) < 4.78 is 0. The van der Waals surface area contributed by atoms with Gasteiger partial charge in [0.2, 0.25) is 0 Å². The van der Waals surface area contributed by atoms with Crippen molar-refractivity contribution >= 4 is 40.0 Å². The van der Waals surface area contributed by atoms with Gasteiger partial charge in [-0.2, -0.15) is 0 Å². The van der Waals surface area contributed by atoms with E-state index >= 15 is 0 Å². The third-order valence-electron chi connectivity index (χ3n) is 5.21. The Balaban J connectivity index is 1.86. The Morgan fingerprint density at radius 1 is 1.18 bits per heavy atom. The van der Waals surface area contributed by atoms with Crippen LogP contribution in [0.5, 0.6) is 0 Å². The maximum Gasteiger partial charge on any atom is 0.339 e. The van der Waals surface area contributed by atoms with Crippen LogP contribution in [0.25, 0.3) is 16.5 Å². The number of carbonyl (C=O) groups excluding carboxylic acids is 1. The van der Waals surface area contributed by atoms with Gasteiger partial charge in [-0.05, 0) is 48.7 Å². The van der Waals surface area contributed by atoms with E-state index in [-0.39, 0.29) is 17.5 Å². The Morgan fingerprint density at radius 2 is 1.89 bits per heavy atom. The van der Waals surface area contributed by atoms with Gasteiger partial charge < -0.3 is 15.0 Å². The summed E-state index contributed by atoms with van der Waals surface area (Å²) in [4.78, 5) is 30.0. The van der Waals surface area contributed by atoms with E-state index in [0.717, 1.165) is 16.5 Å². The molecular weight excluding hydrogens is 376 g/mol. The third-order valence-corrected chi connectivity index (χ3v) is 5.46. The first kappa shape index (κ1) is 18.3. The molecule has 1 amide bonds. The number of carboxylic acids is 1. The number of carbonyl (C=O) groups is 2. The number of aromatic nitrogens is 1. The van der Waals surface area contributed by atoms with Gasteiger partial charge in [0.25, 0.3) is 5.91 Å². The fourth-order valence-electron chi connectivity index (χ4n) is 3.75. The van der Waals surface area contributed by atoms with Gasteiger partial charge in [0.15, 0.2) is 0 Å². The molecule has 1 aromatic heterocycles. The second-order valence-electron chi connectivity index (χ2n) is 6.86. The van der Waals surface area contributed by atoms with Crippen LogP contribution in [-0.2, 0) is 11.2 Å². The zero-order chi connectivity index (χ0) is 19.8. The van der Waals surface area contributed by atoms with Gasteiger partial charge in [0.05, 0.1) is 11.3 Å². The molecule has 142 valence electrons. The first-order chi connectivity index (χ1) is 13.5. The monoisotopic (exact) mass is 394 g/mol. The van der Waals surface area contributed by atoms with Gasteiger partial charge >= 0.3 is 5.97 Å². The van der Waals surface area contributed by atoms with Crippen LogP contribution in [0.4, 0.5) is 0 Å². The molecule has 1 unspecified atom stereocenters. The van der Waals surface area contributed by atoms with Gasteiger partial charge in [-0.15, -0.1) is 0 Å². The van der Waals surface area contributed by atoms with Crippen LogP contribution in [0.2, 0.25) is 5.02 Å². The lowest BCUT2D eigenvalue weighted by atomic mass is 9.99. The van der Waals surface area contributed by atoms with Gasteiger partial charge in [-0.3, -0.25) is 4.79 Å². The maximum atomic E-state index is 13.2. The third kappa shape index (κ3) is 3.08. The molecule has 2 heterocycles. The number of carboxylic acid groups (broad SMARTS) is 1. The van der Waals surface area contributed by atoms with E-state index in [9.17, 15) is 14.7 Å². The largest absolute Gasteiger partial charge is 0.478 e. The number of H-pyrrole nitrogens is 1. The zero-order valence-electron chi connectivity index (χ0n) is 15.3. The van der Waals surface area contributed by atoms with Crippen molar-refractivity contribution in [2.75, 3.05) is 0 Å². The summed E-state index contributed by atoms with van der Waals surface area (Å²) in [6, 6.07) is 14.2. The SMILES string of the molecule is CCC1Cc2c([nH]c3ccccc23)C(C(=O)O)=CN1C(=O)c1ccc(Cl)cc1. The molecule has 28 heavy (non-hydrogen) atoms. The van der Waals surface area contributed by atoms with Crippen LogP contribution in [0.3, 0.4) is 0 Å². The molecule has 0 saturated carbocycles. The second kappa shape index (κ2) is 7.17. The highest BCUT2D eigenvalue weighted by molar-refractivity contribution is 6.30. The zero-order valence-corrected chi connectivity index (χ0v) is 16.0. The van der Waals surface area contributed by atoms with Crippen molar-refractivity contribution in [3.05, 3.63) is 76.6 Å². The number of aromatic amines is 1. The van der Waals surface area contributed by atoms with Crippen LogP contribution in [0.15, 0.2) is 54.7 Å². The summed E-state index contributed by atoms with van der Waals surface area (Å²) >= 11 is 5.93. The summed E-state index contributed by atoms with van der Waals surface area (Å²) in [5, 5.41) is 11.4. The molecule has 5 nitrogen and oxygen atoms in total. The fourth-order valence-corrected chi connectivity index (χ4v) is 3.88. The average molecular weight is 395 g/mol. The van der Waals surface area contributed by atoms with Crippen LogP contribution in [-0.4, -0.2) is 32.9 Å². The van der Waals surface area contributed by atoms with Gasteiger partial charge in [-0.25, -0.2) is 4.79 Å². The number of hydrogen-bond donors (Lipinski definition) is 2. The number of fused-ring (bicyclic) bond motifs is 3. The molecule has 0 saturated heterocycles. The first-order valence-electron chi connectivity index (χ1n) is 9.13. The Kier molecular flexibility index (Phi) is 4.69. The second-order valence-corrected chi connectivity index (χ2v) is 7.29. The number of nitrogens with one attached hydrogen (secondary N) is 1. The van der Waals surface area contributed by atoms with Crippen LogP contribution < -0.4 is 0 Å². The number of hydrogen-bond acceptors (Lipinski definition) is 2. The highest BCUT2D eigenvalue weighted by Gasteiger charge is 2.31. The van der Waals surface area contributed by atoms with E-state index in [0.29, 0.717) is 29.1 Å². The number of rotatable bonds is 3. The lowest BCUT2D eigenvalue weighted by molar-refractivity contribution is -0.130. The average Bonchev–Trinajstić information content (AvgIpc) is 2.96. The lowest BCUT2D eigenvalue weighted by Gasteiger charge is -2.27. The maximum absolute atomic E-state index is 13.2. The van der Waals surface area contributed by atoms with Crippen LogP contribution in [0.1, 0.15) is 35.0 Å². The Labute approximate surface area is 167 Å². The highest BCUT2D eigenvalue weighted by atomic mass is 35.5. The van der Waals surface area contributed by atoms with E-state index in [1.165, 1.54) is 6.20 Å². The molecule has 0 radical (unpaired) electrons. The summed E-state index contributed by atoms with van der Waals surface area (Å²) in [6.07, 6.45) is 2.73. The van der Waals surface area contributed by atoms with Crippen LogP contribution >= 0.6 is 11.6 Å². The van der Waals surface area contributed by atoms with Crippen LogP contribution in [0, 0.1) is 0 Å². The molecule has 3 aromatic rings. The topological polar surface area (TPSA) is 73.4 Å². The Hall–Kier alpha value is -3.05. The minimum absolute atomic E-state index is 0.0875. The number of benzene rings is 2. The molecule has 0 bridgehead atoms. The van der Waals surface area contributed by atoms with E-state index in [4.69, 9.17) is 11.6 Å². The standard InChI is InChI=1S/C22H19ClN2O3/c1-2-15-11-17-16-5-3-4-6-19(16)24-20(17)18(22(27)28)12-25(15)21(26)13-7-9-14(23)10-8-13/h3-10,12,15,24H,2,11H2,1H3,(H,27,28). The predicted molar refractivity (Wildman–Crippen MR) is 109 cm³/mol. The van der Waals surface area contributed by atoms with Crippen molar-refractivity contribution in [3.8, 4) is 0 Å². The molecule has 1 aliphatic rings. The number of para-hydroxylation sites is 1.